The summed E-state index contributed by atoms with van der Waals surface area (Å²) in [6.45, 7) is 4.72. The molecule has 0 unspecified atom stereocenters. The van der Waals surface area contributed by atoms with Crippen LogP contribution in [0.25, 0.3) is 6.08 Å². The second kappa shape index (κ2) is 16.9. The molecule has 1 N–H and O–H groups in total. The molecule has 0 aliphatic carbocycles. The molecule has 0 saturated carbocycles. The van der Waals surface area contributed by atoms with Gasteiger partial charge in [0.1, 0.15) is 0 Å². The number of amides is 1. The van der Waals surface area contributed by atoms with Crippen molar-refractivity contribution in [1.82, 2.24) is 10.4 Å². The van der Waals surface area contributed by atoms with Crippen molar-refractivity contribution in [3.63, 3.8) is 0 Å². The Bertz CT molecular complexity index is 1120. The summed E-state index contributed by atoms with van der Waals surface area (Å²) in [5, 5.41) is 1.76. The van der Waals surface area contributed by atoms with E-state index in [1.165, 1.54) is 50.7 Å². The van der Waals surface area contributed by atoms with E-state index in [0.717, 1.165) is 25.0 Å². The molecule has 10 heteroatoms. The molecule has 42 heavy (non-hydrogen) atoms. The first-order chi connectivity index (χ1) is 20.2. The summed E-state index contributed by atoms with van der Waals surface area (Å²) in [5.74, 6) is 1.29. The van der Waals surface area contributed by atoms with Gasteiger partial charge in [-0.15, -0.1) is 0 Å². The zero-order valence-corrected chi connectivity index (χ0v) is 25.0. The van der Waals surface area contributed by atoms with Crippen LogP contribution < -0.4 is 24.5 Å². The number of hydrazine groups is 1. The first-order valence-corrected chi connectivity index (χ1v) is 14.8. The van der Waals surface area contributed by atoms with Crippen LogP contribution in [0.2, 0.25) is 0 Å². The predicted molar refractivity (Wildman–Crippen MR) is 160 cm³/mol. The fraction of sp³-hybridized carbons (Fsp3) is 0.531. The Morgan fingerprint density at radius 2 is 1.52 bits per heavy atom. The van der Waals surface area contributed by atoms with E-state index in [1.807, 2.05) is 4.90 Å². The summed E-state index contributed by atoms with van der Waals surface area (Å²) in [6.07, 6.45) is 8.43. The molecule has 1 saturated heterocycles. The second-order valence-corrected chi connectivity index (χ2v) is 10.4. The number of piperazine rings is 1. The number of nitrogens with one attached hydrogen (secondary N) is 1. The van der Waals surface area contributed by atoms with E-state index in [-0.39, 0.29) is 5.91 Å². The van der Waals surface area contributed by atoms with Gasteiger partial charge in [-0.25, -0.2) is 5.01 Å². The molecule has 0 bridgehead atoms. The topological polar surface area (TPSA) is 63.3 Å². The number of rotatable bonds is 16. The Kier molecular flexibility index (Phi) is 13.3. The maximum absolute atomic E-state index is 13.1. The van der Waals surface area contributed by atoms with Crippen molar-refractivity contribution in [3.8, 4) is 17.2 Å². The largest absolute Gasteiger partial charge is 0.493 e. The van der Waals surface area contributed by atoms with Crippen LogP contribution in [0, 0.1) is 0 Å². The Morgan fingerprint density at radius 1 is 0.905 bits per heavy atom. The lowest BCUT2D eigenvalue weighted by Gasteiger charge is -2.36. The van der Waals surface area contributed by atoms with Crippen molar-refractivity contribution in [2.45, 2.75) is 64.5 Å². The summed E-state index contributed by atoms with van der Waals surface area (Å²) >= 11 is 0. The fourth-order valence-corrected chi connectivity index (χ4v) is 4.87. The molecule has 0 spiro atoms. The van der Waals surface area contributed by atoms with E-state index in [4.69, 9.17) is 14.2 Å². The van der Waals surface area contributed by atoms with Gasteiger partial charge in [0.05, 0.1) is 26.4 Å². The maximum Gasteiger partial charge on any atom is 0.416 e. The maximum atomic E-state index is 13.1. The third kappa shape index (κ3) is 10.5. The van der Waals surface area contributed by atoms with Gasteiger partial charge < -0.3 is 19.1 Å². The molecule has 3 rings (SSSR count). The smallest absolute Gasteiger partial charge is 0.416 e. The van der Waals surface area contributed by atoms with Gasteiger partial charge >= 0.3 is 6.18 Å². The summed E-state index contributed by atoms with van der Waals surface area (Å²) in [7, 11) is 3.13. The van der Waals surface area contributed by atoms with Crippen LogP contribution in [0.15, 0.2) is 42.5 Å². The second-order valence-electron chi connectivity index (χ2n) is 10.4. The monoisotopic (exact) mass is 591 g/mol. The molecule has 0 radical (unpaired) electrons. The molecule has 1 heterocycles. The first-order valence-electron chi connectivity index (χ1n) is 14.8. The van der Waals surface area contributed by atoms with Crippen molar-refractivity contribution in [2.24, 2.45) is 0 Å². The number of methoxy groups -OCH3 is 2. The quantitative estimate of drug-likeness (QED) is 0.166. The number of hydrogen-bond acceptors (Lipinski definition) is 6. The van der Waals surface area contributed by atoms with Crippen LogP contribution in [0.4, 0.5) is 18.9 Å². The summed E-state index contributed by atoms with van der Waals surface area (Å²) in [6, 6.07) is 8.90. The number of unbranched alkanes of at least 4 members (excludes halogenated alkanes) is 7. The van der Waals surface area contributed by atoms with Gasteiger partial charge in [0.2, 0.25) is 5.75 Å². The SMILES string of the molecule is CCCCCCCCCCOc1c(OC)cc(C=CC(=O)NN2CCN(c3cccc(C(F)(F)F)c3)CC2)cc1OC. The molecule has 232 valence electrons. The molecule has 1 amide bonds. The third-order valence-electron chi connectivity index (χ3n) is 7.24. The highest BCUT2D eigenvalue weighted by molar-refractivity contribution is 5.91. The number of anilines is 1. The number of halogens is 3. The average Bonchev–Trinajstić information content (AvgIpc) is 2.99. The Balaban J connectivity index is 1.48. The van der Waals surface area contributed by atoms with Crippen molar-refractivity contribution in [1.29, 1.82) is 0 Å². The van der Waals surface area contributed by atoms with E-state index in [2.05, 4.69) is 12.3 Å². The van der Waals surface area contributed by atoms with E-state index in [0.29, 0.717) is 61.3 Å². The highest BCUT2D eigenvalue weighted by Gasteiger charge is 2.31. The van der Waals surface area contributed by atoms with Crippen LogP contribution in [0.5, 0.6) is 17.2 Å². The highest BCUT2D eigenvalue weighted by atomic mass is 19.4. The number of benzene rings is 2. The van der Waals surface area contributed by atoms with Crippen molar-refractivity contribution < 1.29 is 32.2 Å². The van der Waals surface area contributed by atoms with E-state index in [9.17, 15) is 18.0 Å². The van der Waals surface area contributed by atoms with Crippen LogP contribution in [-0.4, -0.2) is 57.9 Å². The van der Waals surface area contributed by atoms with Crippen LogP contribution in [-0.2, 0) is 11.0 Å². The Labute approximate surface area is 247 Å². The van der Waals surface area contributed by atoms with Gasteiger partial charge in [0, 0.05) is 37.9 Å². The van der Waals surface area contributed by atoms with Crippen molar-refractivity contribution in [2.75, 3.05) is 51.9 Å². The molecule has 0 atom stereocenters. The predicted octanol–water partition coefficient (Wildman–Crippen LogP) is 7.11. The summed E-state index contributed by atoms with van der Waals surface area (Å²) in [5.41, 5.74) is 3.40. The minimum atomic E-state index is -4.38. The molecule has 2 aromatic rings. The van der Waals surface area contributed by atoms with Gasteiger partial charge in [-0.05, 0) is 48.4 Å². The van der Waals surface area contributed by atoms with Crippen molar-refractivity contribution in [3.05, 3.63) is 53.6 Å². The van der Waals surface area contributed by atoms with Crippen LogP contribution >= 0.6 is 0 Å². The number of carbonyl (C=O) groups is 1. The normalized spacial score (nSPS) is 14.3. The molecule has 0 aromatic heterocycles. The zero-order valence-electron chi connectivity index (χ0n) is 25.0. The van der Waals surface area contributed by atoms with Gasteiger partial charge in [-0.1, -0.05) is 57.9 Å². The Hall–Kier alpha value is -3.40. The molecule has 7 nitrogen and oxygen atoms in total. The van der Waals surface area contributed by atoms with Gasteiger partial charge in [-0.3, -0.25) is 10.2 Å². The van der Waals surface area contributed by atoms with Gasteiger partial charge in [0.15, 0.2) is 11.5 Å². The Morgan fingerprint density at radius 3 is 2.12 bits per heavy atom. The highest BCUT2D eigenvalue weighted by Crippen LogP contribution is 2.39. The zero-order chi connectivity index (χ0) is 30.4. The lowest BCUT2D eigenvalue weighted by Crippen LogP contribution is -2.53. The standard InChI is InChI=1S/C32H44F3N3O4/c1-4-5-6-7-8-9-10-11-21-42-31-28(40-2)22-25(23-29(31)41-3)15-16-30(39)36-38-19-17-37(18-20-38)27-14-12-13-26(24-27)32(33,34)35/h12-16,22-24H,4-11,17-21H2,1-3H3,(H,36,39). The number of carbonyl (C=O) groups excluding carboxylic acids is 1. The molecule has 1 aliphatic rings. The van der Waals surface area contributed by atoms with E-state index in [1.54, 1.807) is 43.5 Å². The van der Waals surface area contributed by atoms with Gasteiger partial charge in [0.25, 0.3) is 5.91 Å². The fourth-order valence-electron chi connectivity index (χ4n) is 4.87. The number of nitrogens with zero attached hydrogens (tertiary/aromatic N) is 2. The van der Waals surface area contributed by atoms with E-state index < -0.39 is 11.7 Å². The lowest BCUT2D eigenvalue weighted by atomic mass is 10.1. The molecular weight excluding hydrogens is 547 g/mol. The molecule has 1 fully saturated rings. The van der Waals surface area contributed by atoms with Crippen molar-refractivity contribution >= 4 is 17.7 Å². The van der Waals surface area contributed by atoms with E-state index >= 15 is 0 Å². The molecule has 2 aromatic carbocycles. The first kappa shape index (κ1) is 33.1. The minimum Gasteiger partial charge on any atom is -0.493 e. The van der Waals surface area contributed by atoms with Crippen LogP contribution in [0.3, 0.4) is 0 Å². The summed E-state index contributed by atoms with van der Waals surface area (Å²) in [4.78, 5) is 14.5. The van der Waals surface area contributed by atoms with Crippen LogP contribution in [0.1, 0.15) is 69.4 Å². The summed E-state index contributed by atoms with van der Waals surface area (Å²) < 4.78 is 56.3. The number of alkyl halides is 3. The third-order valence-corrected chi connectivity index (χ3v) is 7.24. The minimum absolute atomic E-state index is 0.310. The lowest BCUT2D eigenvalue weighted by molar-refractivity contribution is -0.137. The number of hydrogen-bond donors (Lipinski definition) is 1. The molecular formula is C32H44F3N3O4. The number of ether oxygens (including phenoxy) is 3. The molecule has 1 aliphatic heterocycles. The van der Waals surface area contributed by atoms with Gasteiger partial charge in [-0.2, -0.15) is 13.2 Å². The average molecular weight is 592 g/mol.